The molecule has 1 saturated carbocycles. The van der Waals surface area contributed by atoms with Crippen molar-refractivity contribution in [1.29, 1.82) is 0 Å². The first-order valence-corrected chi connectivity index (χ1v) is 16.4. The molecule has 0 unspecified atom stereocenters. The fourth-order valence-corrected chi connectivity index (χ4v) is 8.01. The summed E-state index contributed by atoms with van der Waals surface area (Å²) in [7, 11) is -3.75. The molecule has 0 radical (unpaired) electrons. The highest BCUT2D eigenvalue weighted by Crippen LogP contribution is 2.37. The smallest absolute Gasteiger partial charge is 0.274 e. The molecule has 5 rings (SSSR count). The van der Waals surface area contributed by atoms with Crippen LogP contribution in [0.3, 0.4) is 0 Å². The number of sulfonamides is 1. The van der Waals surface area contributed by atoms with Crippen molar-refractivity contribution in [3.63, 3.8) is 0 Å². The number of aromatic amines is 1. The zero-order valence-corrected chi connectivity index (χ0v) is 25.3. The lowest BCUT2D eigenvalue weighted by molar-refractivity contribution is -0.121. The van der Waals surface area contributed by atoms with Crippen LogP contribution in [0.15, 0.2) is 41.2 Å². The number of hydrogen-bond acceptors (Lipinski definition) is 7. The molecule has 1 aliphatic heterocycles. The van der Waals surface area contributed by atoms with Crippen molar-refractivity contribution in [2.75, 3.05) is 29.7 Å². The predicted octanol–water partition coefficient (Wildman–Crippen LogP) is 2.90. The average molecular weight is 620 g/mol. The molecule has 0 bridgehead atoms. The van der Waals surface area contributed by atoms with E-state index in [1.807, 2.05) is 13.0 Å². The minimum Gasteiger partial charge on any atom is -0.353 e. The van der Waals surface area contributed by atoms with Gasteiger partial charge in [0.15, 0.2) is 0 Å². The molecular formula is C29H39F2N7O4S. The Morgan fingerprint density at radius 1 is 1.14 bits per heavy atom. The van der Waals surface area contributed by atoms with Crippen LogP contribution < -0.4 is 15.2 Å². The van der Waals surface area contributed by atoms with Gasteiger partial charge in [-0.25, -0.2) is 22.2 Å². The molecular weight excluding hydrogens is 580 g/mol. The van der Waals surface area contributed by atoms with Gasteiger partial charge < -0.3 is 5.32 Å². The Bertz CT molecular complexity index is 1580. The highest BCUT2D eigenvalue weighted by atomic mass is 32.2. The summed E-state index contributed by atoms with van der Waals surface area (Å²) in [6, 6.07) is 10.2. The Morgan fingerprint density at radius 2 is 1.81 bits per heavy atom. The van der Waals surface area contributed by atoms with Gasteiger partial charge in [0.1, 0.15) is 5.82 Å². The lowest BCUT2D eigenvalue weighted by atomic mass is 9.88. The number of nitrogens with zero attached hydrogens (tertiary/aromatic N) is 5. The van der Waals surface area contributed by atoms with Gasteiger partial charge in [-0.1, -0.05) is 18.2 Å². The van der Waals surface area contributed by atoms with Crippen molar-refractivity contribution in [2.24, 2.45) is 5.92 Å². The second kappa shape index (κ2) is 12.7. The number of H-pyrrole nitrogens is 1. The normalized spacial score (nSPS) is 19.3. The highest BCUT2D eigenvalue weighted by molar-refractivity contribution is 7.92. The van der Waals surface area contributed by atoms with Crippen LogP contribution >= 0.6 is 0 Å². The molecule has 2 aliphatic rings. The molecule has 0 spiro atoms. The minimum atomic E-state index is -3.75. The minimum absolute atomic E-state index is 0.0129. The van der Waals surface area contributed by atoms with E-state index in [9.17, 15) is 26.8 Å². The zero-order chi connectivity index (χ0) is 30.8. The zero-order valence-electron chi connectivity index (χ0n) is 24.5. The van der Waals surface area contributed by atoms with Crippen molar-refractivity contribution in [1.82, 2.24) is 29.8 Å². The van der Waals surface area contributed by atoms with Gasteiger partial charge in [-0.15, -0.1) is 0 Å². The number of aryl methyl sites for hydroxylation is 1. The number of anilines is 1. The lowest BCUT2D eigenvalue weighted by Crippen LogP contribution is -2.51. The van der Waals surface area contributed by atoms with Crippen LogP contribution in [-0.2, 0) is 21.2 Å². The molecule has 2 fully saturated rings. The van der Waals surface area contributed by atoms with Crippen LogP contribution in [0.1, 0.15) is 57.0 Å². The molecule has 1 aromatic carbocycles. The molecule has 3 aromatic rings. The summed E-state index contributed by atoms with van der Waals surface area (Å²) in [5, 5.41) is 5.87. The number of fused-ring (bicyclic) bond motifs is 1. The van der Waals surface area contributed by atoms with Gasteiger partial charge in [-0.05, 0) is 57.6 Å². The van der Waals surface area contributed by atoms with E-state index in [1.54, 1.807) is 31.2 Å². The van der Waals surface area contributed by atoms with E-state index in [1.165, 1.54) is 14.9 Å². The molecule has 14 heteroatoms. The number of para-hydroxylation sites is 1. The molecule has 3 heterocycles. The Labute approximate surface area is 249 Å². The summed E-state index contributed by atoms with van der Waals surface area (Å²) in [4.78, 5) is 35.5. The largest absolute Gasteiger partial charge is 0.353 e. The number of aromatic nitrogens is 4. The quantitative estimate of drug-likeness (QED) is 0.357. The van der Waals surface area contributed by atoms with E-state index in [2.05, 4.69) is 25.3 Å². The maximum absolute atomic E-state index is 13.7. The molecule has 43 heavy (non-hydrogen) atoms. The summed E-state index contributed by atoms with van der Waals surface area (Å²) in [5.74, 6) is -2.77. The van der Waals surface area contributed by atoms with Crippen molar-refractivity contribution >= 4 is 27.4 Å². The maximum Gasteiger partial charge on any atom is 0.274 e. The number of hydrogen-bond donors (Lipinski definition) is 2. The molecule has 1 amide bonds. The van der Waals surface area contributed by atoms with E-state index in [-0.39, 0.29) is 79.6 Å². The number of piperidine rings is 1. The SMILES string of the molecule is Cc1cc(=O)n2[nH]c(CC(=O)NC3CCN([C@H](C)CN(c4ccccc4)S(=O)(=O)CC4CCC(F)(F)CC4)CC3)nc2n1. The summed E-state index contributed by atoms with van der Waals surface area (Å²) in [6.45, 7) is 5.29. The van der Waals surface area contributed by atoms with E-state index >= 15 is 0 Å². The van der Waals surface area contributed by atoms with Crippen LogP contribution in [0.25, 0.3) is 5.78 Å². The van der Waals surface area contributed by atoms with Crippen LogP contribution in [0.2, 0.25) is 0 Å². The van der Waals surface area contributed by atoms with E-state index in [0.29, 0.717) is 43.1 Å². The standard InChI is InChI=1S/C29H39F2N7O4S/c1-20-16-27(40)38-28(32-20)34-25(35-38)17-26(39)33-23-10-14-36(15-11-23)21(2)18-37(24-6-4-3-5-7-24)43(41,42)19-22-8-12-29(30,31)13-9-22/h3-7,16,21-23H,8-15,17-19H2,1-2H3,(H,33,39)(H,32,34,35)/t21-/m1/s1. The second-order valence-electron chi connectivity index (χ2n) is 11.9. The van der Waals surface area contributed by atoms with Crippen LogP contribution in [0, 0.1) is 12.8 Å². The Morgan fingerprint density at radius 3 is 2.49 bits per heavy atom. The van der Waals surface area contributed by atoms with E-state index in [4.69, 9.17) is 0 Å². The number of carbonyl (C=O) groups is 1. The van der Waals surface area contributed by atoms with Crippen LogP contribution in [0.4, 0.5) is 14.5 Å². The number of amides is 1. The molecule has 234 valence electrons. The third kappa shape index (κ3) is 7.77. The van der Waals surface area contributed by atoms with Gasteiger partial charge in [-0.3, -0.25) is 23.9 Å². The van der Waals surface area contributed by atoms with Gasteiger partial charge in [0.2, 0.25) is 21.9 Å². The summed E-state index contributed by atoms with van der Waals surface area (Å²) < 4.78 is 57.3. The Kier molecular flexibility index (Phi) is 9.16. The number of rotatable bonds is 10. The molecule has 2 N–H and O–H groups in total. The van der Waals surface area contributed by atoms with Crippen molar-refractivity contribution in [3.05, 3.63) is 58.3 Å². The Hall–Kier alpha value is -3.39. The summed E-state index contributed by atoms with van der Waals surface area (Å²) in [6.07, 6.45) is 1.26. The van der Waals surface area contributed by atoms with Crippen molar-refractivity contribution in [3.8, 4) is 0 Å². The third-order valence-corrected chi connectivity index (χ3v) is 10.4. The number of likely N-dealkylation sites (tertiary alicyclic amines) is 1. The van der Waals surface area contributed by atoms with Crippen LogP contribution in [-0.4, -0.2) is 82.2 Å². The number of nitrogens with one attached hydrogen (secondary N) is 2. The van der Waals surface area contributed by atoms with Gasteiger partial charge in [0.25, 0.3) is 11.3 Å². The number of benzene rings is 1. The molecule has 2 aromatic heterocycles. The summed E-state index contributed by atoms with van der Waals surface area (Å²) >= 11 is 0. The predicted molar refractivity (Wildman–Crippen MR) is 159 cm³/mol. The monoisotopic (exact) mass is 619 g/mol. The van der Waals surface area contributed by atoms with Gasteiger partial charge in [-0.2, -0.15) is 9.50 Å². The molecule has 11 nitrogen and oxygen atoms in total. The fourth-order valence-electron chi connectivity index (χ4n) is 6.01. The first kappa shape index (κ1) is 31.0. The molecule has 1 saturated heterocycles. The van der Waals surface area contributed by atoms with Crippen molar-refractivity contribution < 1.29 is 22.0 Å². The summed E-state index contributed by atoms with van der Waals surface area (Å²) in [5.41, 5.74) is 0.825. The number of alkyl halides is 2. The van der Waals surface area contributed by atoms with Gasteiger partial charge in [0.05, 0.1) is 17.9 Å². The first-order chi connectivity index (χ1) is 20.4. The van der Waals surface area contributed by atoms with Crippen molar-refractivity contribution in [2.45, 2.75) is 76.8 Å². The lowest BCUT2D eigenvalue weighted by Gasteiger charge is -2.39. The first-order valence-electron chi connectivity index (χ1n) is 14.8. The third-order valence-electron chi connectivity index (χ3n) is 8.44. The maximum atomic E-state index is 13.7. The van der Waals surface area contributed by atoms with Crippen LogP contribution in [0.5, 0.6) is 0 Å². The van der Waals surface area contributed by atoms with E-state index < -0.39 is 15.9 Å². The molecule has 1 atom stereocenters. The second-order valence-corrected chi connectivity index (χ2v) is 13.8. The molecule has 1 aliphatic carbocycles. The van der Waals surface area contributed by atoms with Gasteiger partial charge >= 0.3 is 0 Å². The number of halogens is 2. The topological polar surface area (TPSA) is 133 Å². The fraction of sp³-hybridized carbons (Fsp3) is 0.586. The highest BCUT2D eigenvalue weighted by Gasteiger charge is 2.38. The Balaban J connectivity index is 1.16. The average Bonchev–Trinajstić information content (AvgIpc) is 3.35. The number of carbonyl (C=O) groups excluding carboxylic acids is 1. The van der Waals surface area contributed by atoms with Gasteiger partial charge in [0, 0.05) is 56.3 Å². The van der Waals surface area contributed by atoms with E-state index in [0.717, 1.165) is 0 Å².